The van der Waals surface area contributed by atoms with E-state index in [4.69, 9.17) is 38.6 Å². The molecule has 0 bridgehead atoms. The molecule has 0 saturated carbocycles. The van der Waals surface area contributed by atoms with E-state index < -0.39 is 11.0 Å². The largest absolute Gasteiger partial charge is 0 e. The molecule has 0 heterocycles. The van der Waals surface area contributed by atoms with Crippen LogP contribution >= 0.6 is 38.6 Å². The third-order valence-electron chi connectivity index (χ3n) is 0. The summed E-state index contributed by atoms with van der Waals surface area (Å²) in [5.74, 6) is 0. The summed E-state index contributed by atoms with van der Waals surface area (Å²) >= 11 is -3.17. The van der Waals surface area contributed by atoms with E-state index in [0.29, 0.717) is 0 Å². The molecule has 0 aromatic rings. The minimum Gasteiger partial charge on any atom is 0 e. The fraction of sp³-hybridized carbons (Fsp3) is 0. The van der Waals surface area contributed by atoms with Crippen molar-refractivity contribution in [3.63, 3.8) is 0 Å². The van der Waals surface area contributed by atoms with Crippen LogP contribution in [0.25, 0.3) is 0 Å². The Bertz CT molecular complexity index is 23.0. The van der Waals surface area contributed by atoms with E-state index in [1.54, 1.807) is 0 Å². The molecule has 41 valence electrons. The molecule has 0 rings (SSSR count). The van der Waals surface area contributed by atoms with E-state index in [-0.39, 0.29) is 22.4 Å². The topological polar surface area (TPSA) is 0 Å². The van der Waals surface area contributed by atoms with Gasteiger partial charge in [-0.15, -0.1) is 0 Å². The van der Waals surface area contributed by atoms with E-state index in [9.17, 15) is 0 Å². The summed E-state index contributed by atoms with van der Waals surface area (Å²) in [6.07, 6.45) is 0. The Morgan fingerprint density at radius 3 is 0.833 bits per heavy atom. The first-order valence-corrected chi connectivity index (χ1v) is 13.1. The first-order chi connectivity index (χ1) is 2.00. The van der Waals surface area contributed by atoms with Gasteiger partial charge in [0.2, 0.25) is 0 Å². The van der Waals surface area contributed by atoms with Crippen LogP contribution in [-0.2, 0) is 33.4 Å². The second-order valence-corrected chi connectivity index (χ2v) is 22.3. The van der Waals surface area contributed by atoms with Crippen LogP contribution in [0.5, 0.6) is 0 Å². The van der Waals surface area contributed by atoms with Crippen molar-refractivity contribution in [2.45, 2.75) is 0 Å². The van der Waals surface area contributed by atoms with E-state index in [1.165, 1.54) is 0 Å². The van der Waals surface area contributed by atoms with Crippen molar-refractivity contribution in [3.05, 3.63) is 0 Å². The first-order valence-electron chi connectivity index (χ1n) is 0.535. The summed E-state index contributed by atoms with van der Waals surface area (Å²) in [5.41, 5.74) is 0. The summed E-state index contributed by atoms with van der Waals surface area (Å²) in [4.78, 5) is 0. The van der Waals surface area contributed by atoms with Crippen molar-refractivity contribution < 1.29 is 33.4 Å². The molecule has 1 radical (unpaired) electrons. The Morgan fingerprint density at radius 2 is 0.833 bits per heavy atom. The van der Waals surface area contributed by atoms with Gasteiger partial charge in [0.15, 0.2) is 0 Å². The normalized spacial score (nSPS) is 12.7. The molecule has 0 nitrogen and oxygen atoms in total. The third kappa shape index (κ3) is 31.1. The zero-order valence-corrected chi connectivity index (χ0v) is 11.1. The SMILES string of the molecule is [Cl][Os]([Cl])([Cl])[Cl].[Ta]. The maximum Gasteiger partial charge on any atom is 0 e. The Kier molecular flexibility index (Phi) is 8.36. The van der Waals surface area contributed by atoms with Crippen molar-refractivity contribution in [1.29, 1.82) is 0 Å². The van der Waals surface area contributed by atoms with Crippen LogP contribution in [0.4, 0.5) is 0 Å². The third-order valence-corrected chi connectivity index (χ3v) is 0. The fourth-order valence-corrected chi connectivity index (χ4v) is 0. The van der Waals surface area contributed by atoms with E-state index in [1.807, 2.05) is 0 Å². The van der Waals surface area contributed by atoms with Gasteiger partial charge in [0.05, 0.1) is 0 Å². The Hall–Kier alpha value is 2.54. The van der Waals surface area contributed by atoms with Gasteiger partial charge in [0, 0.05) is 22.4 Å². The first kappa shape index (κ1) is 11.3. The van der Waals surface area contributed by atoms with Crippen LogP contribution in [0.3, 0.4) is 0 Å². The zero-order chi connectivity index (χ0) is 4.50. The molecule has 0 saturated heterocycles. The van der Waals surface area contributed by atoms with Crippen molar-refractivity contribution in [2.24, 2.45) is 0 Å². The molecule has 0 aliphatic rings. The minimum atomic E-state index is -3.17. The van der Waals surface area contributed by atoms with Gasteiger partial charge in [0.1, 0.15) is 0 Å². The molecule has 6 heavy (non-hydrogen) atoms. The van der Waals surface area contributed by atoms with Crippen molar-refractivity contribution in [2.75, 3.05) is 0 Å². The van der Waals surface area contributed by atoms with E-state index in [0.717, 1.165) is 0 Å². The summed E-state index contributed by atoms with van der Waals surface area (Å²) < 4.78 is 0. The van der Waals surface area contributed by atoms with Crippen LogP contribution in [0.2, 0.25) is 0 Å². The molecule has 0 aromatic carbocycles. The van der Waals surface area contributed by atoms with Crippen LogP contribution in [-0.4, -0.2) is 0 Å². The van der Waals surface area contributed by atoms with E-state index >= 15 is 0 Å². The smallest absolute Gasteiger partial charge is 0 e. The van der Waals surface area contributed by atoms with Gasteiger partial charge < -0.3 is 0 Å². The number of halogens is 4. The second kappa shape index (κ2) is 4.42. The average Bonchev–Trinajstić information content (AvgIpc) is 0.722. The van der Waals surface area contributed by atoms with Crippen LogP contribution in [0.15, 0.2) is 0 Å². The van der Waals surface area contributed by atoms with Crippen molar-refractivity contribution in [1.82, 2.24) is 0 Å². The predicted octanol–water partition coefficient (Wildman–Crippen LogP) is 2.75. The average molecular weight is 513 g/mol. The van der Waals surface area contributed by atoms with Gasteiger partial charge in [-0.25, -0.2) is 0 Å². The van der Waals surface area contributed by atoms with E-state index in [2.05, 4.69) is 0 Å². The van der Waals surface area contributed by atoms with Crippen LogP contribution in [0.1, 0.15) is 0 Å². The number of hydrogen-bond acceptors (Lipinski definition) is 0. The predicted molar refractivity (Wildman–Crippen MR) is 23.4 cm³/mol. The summed E-state index contributed by atoms with van der Waals surface area (Å²) in [7, 11) is 20.1. The van der Waals surface area contributed by atoms with Gasteiger partial charge in [-0.05, 0) is 0 Å². The fourth-order valence-electron chi connectivity index (χ4n) is 0. The summed E-state index contributed by atoms with van der Waals surface area (Å²) in [6, 6.07) is 0. The molecule has 0 unspecified atom stereocenters. The molecule has 0 amide bonds. The molecule has 0 fully saturated rings. The van der Waals surface area contributed by atoms with Gasteiger partial charge in [0.25, 0.3) is 0 Å². The summed E-state index contributed by atoms with van der Waals surface area (Å²) in [6.45, 7) is 0. The van der Waals surface area contributed by atoms with Gasteiger partial charge >= 0.3 is 49.6 Å². The Balaban J connectivity index is 0. The molecule has 0 N–H and O–H groups in total. The monoisotopic (exact) mass is 513 g/mol. The molecule has 0 atom stereocenters. The molecule has 0 aliphatic heterocycles. The standard InChI is InChI=1S/4ClH.Os.Ta/h4*1H;;/q;;;;+4;/p-4. The molecular weight excluding hydrogens is 513 g/mol. The maximum absolute atomic E-state index is 5.02. The molecule has 0 aliphatic carbocycles. The summed E-state index contributed by atoms with van der Waals surface area (Å²) in [5, 5.41) is 0. The van der Waals surface area contributed by atoms with Gasteiger partial charge in [-0.3, -0.25) is 0 Å². The number of hydrogen-bond donors (Lipinski definition) is 0. The van der Waals surface area contributed by atoms with Crippen molar-refractivity contribution in [3.8, 4) is 0 Å². The second-order valence-electron chi connectivity index (χ2n) is 0.303. The molecule has 0 aromatic heterocycles. The van der Waals surface area contributed by atoms with Crippen molar-refractivity contribution >= 4 is 38.6 Å². The quantitative estimate of drug-likeness (QED) is 0.468. The molecule has 6 heteroatoms. The molecule has 0 spiro atoms. The zero-order valence-electron chi connectivity index (χ0n) is 2.31. The van der Waals surface area contributed by atoms with Crippen LogP contribution in [0, 0.1) is 0 Å². The Labute approximate surface area is 71.0 Å². The van der Waals surface area contributed by atoms with Gasteiger partial charge in [-0.2, -0.15) is 0 Å². The van der Waals surface area contributed by atoms with Gasteiger partial charge in [-0.1, -0.05) is 0 Å². The molecular formula is Cl4OsTa. The Morgan fingerprint density at radius 1 is 0.833 bits per heavy atom. The minimum absolute atomic E-state index is 0. The maximum atomic E-state index is 5.02. The van der Waals surface area contributed by atoms with Crippen LogP contribution < -0.4 is 0 Å². The number of rotatable bonds is 0.